The number of nitrogens with zero attached hydrogens (tertiary/aromatic N) is 1. The Morgan fingerprint density at radius 2 is 2.29 bits per heavy atom. The highest BCUT2D eigenvalue weighted by Crippen LogP contribution is 2.09. The summed E-state index contributed by atoms with van der Waals surface area (Å²) >= 11 is 1.28. The molecule has 0 radical (unpaired) electrons. The predicted octanol–water partition coefficient (Wildman–Crippen LogP) is 0.239. The number of nitrogens with two attached hydrogens (primary N) is 1. The van der Waals surface area contributed by atoms with Crippen LogP contribution in [0.2, 0.25) is 0 Å². The van der Waals surface area contributed by atoms with Gasteiger partial charge in [-0.05, 0) is 13.0 Å². The summed E-state index contributed by atoms with van der Waals surface area (Å²) in [7, 11) is 0. The van der Waals surface area contributed by atoms with E-state index in [9.17, 15) is 9.59 Å². The first-order valence-corrected chi connectivity index (χ1v) is 6.16. The summed E-state index contributed by atoms with van der Waals surface area (Å²) in [5.41, 5.74) is 5.34. The van der Waals surface area contributed by atoms with Crippen molar-refractivity contribution in [2.45, 2.75) is 19.3 Å². The molecule has 1 rings (SSSR count). The first kappa shape index (κ1) is 13.6. The van der Waals surface area contributed by atoms with Gasteiger partial charge in [-0.15, -0.1) is 11.3 Å². The third-order valence-corrected chi connectivity index (χ3v) is 2.95. The van der Waals surface area contributed by atoms with Crippen molar-refractivity contribution in [2.75, 3.05) is 13.1 Å². The predicted molar refractivity (Wildman–Crippen MR) is 64.1 cm³/mol. The second kappa shape index (κ2) is 6.97. The van der Waals surface area contributed by atoms with E-state index in [1.165, 1.54) is 16.7 Å². The molecule has 0 unspecified atom stereocenters. The zero-order chi connectivity index (χ0) is 12.7. The molecule has 1 aromatic rings. The number of hydrogen-bond acceptors (Lipinski definition) is 5. The van der Waals surface area contributed by atoms with Crippen LogP contribution in [0.15, 0.2) is 5.38 Å². The average Bonchev–Trinajstić information content (AvgIpc) is 2.75. The number of nitrogens with one attached hydrogen (secondary N) is 1. The van der Waals surface area contributed by atoms with E-state index in [0.717, 1.165) is 0 Å². The lowest BCUT2D eigenvalue weighted by atomic mass is 10.3. The number of aromatic carboxylic acids is 1. The van der Waals surface area contributed by atoms with Crippen LogP contribution in [0.5, 0.6) is 0 Å². The highest BCUT2D eigenvalue weighted by Gasteiger charge is 2.08. The van der Waals surface area contributed by atoms with Crippen molar-refractivity contribution < 1.29 is 14.7 Å². The van der Waals surface area contributed by atoms with E-state index in [1.54, 1.807) is 0 Å². The lowest BCUT2D eigenvalue weighted by Gasteiger charge is -2.02. The van der Waals surface area contributed by atoms with E-state index in [4.69, 9.17) is 10.8 Å². The van der Waals surface area contributed by atoms with Crippen LogP contribution >= 0.6 is 11.3 Å². The minimum Gasteiger partial charge on any atom is -0.476 e. The lowest BCUT2D eigenvalue weighted by Crippen LogP contribution is -2.26. The van der Waals surface area contributed by atoms with Gasteiger partial charge in [-0.25, -0.2) is 9.78 Å². The first-order chi connectivity index (χ1) is 8.13. The maximum Gasteiger partial charge on any atom is 0.355 e. The standard InChI is InChI=1S/C10H15N3O3S/c11-4-1-2-8(14)12-5-3-9-13-7(6-17-9)10(15)16/h6H,1-5,11H2,(H,12,14)(H,15,16). The molecule has 0 saturated carbocycles. The molecule has 7 heteroatoms. The zero-order valence-electron chi connectivity index (χ0n) is 9.31. The molecular formula is C10H15N3O3S. The van der Waals surface area contributed by atoms with Gasteiger partial charge in [-0.1, -0.05) is 0 Å². The first-order valence-electron chi connectivity index (χ1n) is 5.28. The van der Waals surface area contributed by atoms with Crippen molar-refractivity contribution in [1.29, 1.82) is 0 Å². The quantitative estimate of drug-likeness (QED) is 0.649. The number of hydrogen-bond donors (Lipinski definition) is 3. The Kier molecular flexibility index (Phi) is 5.58. The molecule has 0 saturated heterocycles. The number of carboxylic acid groups (broad SMARTS) is 1. The molecule has 0 atom stereocenters. The minimum absolute atomic E-state index is 0.0366. The highest BCUT2D eigenvalue weighted by molar-refractivity contribution is 7.09. The van der Waals surface area contributed by atoms with E-state index in [-0.39, 0.29) is 11.6 Å². The Balaban J connectivity index is 2.26. The van der Waals surface area contributed by atoms with Gasteiger partial charge < -0.3 is 16.2 Å². The number of rotatable bonds is 7. The monoisotopic (exact) mass is 257 g/mol. The van der Waals surface area contributed by atoms with Crippen molar-refractivity contribution >= 4 is 23.2 Å². The maximum atomic E-state index is 11.2. The third kappa shape index (κ3) is 4.92. The lowest BCUT2D eigenvalue weighted by molar-refractivity contribution is -0.121. The van der Waals surface area contributed by atoms with Gasteiger partial charge in [0.1, 0.15) is 0 Å². The topological polar surface area (TPSA) is 105 Å². The van der Waals surface area contributed by atoms with E-state index in [1.807, 2.05) is 0 Å². The van der Waals surface area contributed by atoms with Gasteiger partial charge in [0.15, 0.2) is 5.69 Å². The van der Waals surface area contributed by atoms with E-state index in [2.05, 4.69) is 10.3 Å². The van der Waals surface area contributed by atoms with Crippen LogP contribution in [-0.2, 0) is 11.2 Å². The van der Waals surface area contributed by atoms with Gasteiger partial charge in [-0.2, -0.15) is 0 Å². The summed E-state index contributed by atoms with van der Waals surface area (Å²) in [6, 6.07) is 0. The maximum absolute atomic E-state index is 11.2. The van der Waals surface area contributed by atoms with Crippen LogP contribution in [-0.4, -0.2) is 35.1 Å². The second-order valence-electron chi connectivity index (χ2n) is 3.42. The summed E-state index contributed by atoms with van der Waals surface area (Å²) in [4.78, 5) is 25.7. The van der Waals surface area contributed by atoms with Crippen molar-refractivity contribution in [3.05, 3.63) is 16.1 Å². The normalized spacial score (nSPS) is 10.2. The Bertz CT molecular complexity index is 392. The summed E-state index contributed by atoms with van der Waals surface area (Å²) < 4.78 is 0. The molecule has 1 aromatic heterocycles. The Hall–Kier alpha value is -1.47. The smallest absolute Gasteiger partial charge is 0.355 e. The van der Waals surface area contributed by atoms with Crippen LogP contribution in [0.1, 0.15) is 28.3 Å². The van der Waals surface area contributed by atoms with Gasteiger partial charge in [0.2, 0.25) is 5.91 Å². The third-order valence-electron chi connectivity index (χ3n) is 2.04. The van der Waals surface area contributed by atoms with Crippen molar-refractivity contribution in [3.63, 3.8) is 0 Å². The largest absolute Gasteiger partial charge is 0.476 e. The molecule has 0 aliphatic rings. The van der Waals surface area contributed by atoms with Crippen molar-refractivity contribution in [2.24, 2.45) is 5.73 Å². The number of amides is 1. The Morgan fingerprint density at radius 3 is 2.88 bits per heavy atom. The number of thiazole rings is 1. The molecule has 0 aliphatic heterocycles. The summed E-state index contributed by atoms with van der Waals surface area (Å²) in [6.07, 6.45) is 1.65. The number of carboxylic acids is 1. The second-order valence-corrected chi connectivity index (χ2v) is 4.37. The molecule has 4 N–H and O–H groups in total. The highest BCUT2D eigenvalue weighted by atomic mass is 32.1. The molecular weight excluding hydrogens is 242 g/mol. The van der Waals surface area contributed by atoms with Crippen LogP contribution in [0.3, 0.4) is 0 Å². The molecule has 0 aliphatic carbocycles. The molecule has 0 fully saturated rings. The Morgan fingerprint density at radius 1 is 1.53 bits per heavy atom. The Labute approximate surface area is 103 Å². The van der Waals surface area contributed by atoms with Crippen molar-refractivity contribution in [1.82, 2.24) is 10.3 Å². The minimum atomic E-state index is -1.03. The number of carbonyl (C=O) groups excluding carboxylic acids is 1. The average molecular weight is 257 g/mol. The molecule has 17 heavy (non-hydrogen) atoms. The van der Waals surface area contributed by atoms with Gasteiger partial charge in [0.05, 0.1) is 5.01 Å². The molecule has 1 heterocycles. The van der Waals surface area contributed by atoms with Crippen LogP contribution in [0.4, 0.5) is 0 Å². The van der Waals surface area contributed by atoms with Crippen LogP contribution in [0.25, 0.3) is 0 Å². The van der Waals surface area contributed by atoms with Gasteiger partial charge in [0, 0.05) is 24.8 Å². The van der Waals surface area contributed by atoms with Crippen LogP contribution < -0.4 is 11.1 Å². The SMILES string of the molecule is NCCCC(=O)NCCc1nc(C(=O)O)cs1. The molecule has 6 nitrogen and oxygen atoms in total. The summed E-state index contributed by atoms with van der Waals surface area (Å²) in [5, 5.41) is 13.6. The van der Waals surface area contributed by atoms with Gasteiger partial charge in [0.25, 0.3) is 0 Å². The zero-order valence-corrected chi connectivity index (χ0v) is 10.1. The fourth-order valence-electron chi connectivity index (χ4n) is 1.18. The summed E-state index contributed by atoms with van der Waals surface area (Å²) in [5.74, 6) is -1.06. The molecule has 0 bridgehead atoms. The van der Waals surface area contributed by atoms with Crippen molar-refractivity contribution in [3.8, 4) is 0 Å². The summed E-state index contributed by atoms with van der Waals surface area (Å²) in [6.45, 7) is 0.970. The molecule has 0 aromatic carbocycles. The van der Waals surface area contributed by atoms with E-state index < -0.39 is 5.97 Å². The number of carbonyl (C=O) groups is 2. The van der Waals surface area contributed by atoms with Crippen LogP contribution in [0, 0.1) is 0 Å². The van der Waals surface area contributed by atoms with Gasteiger partial charge >= 0.3 is 5.97 Å². The molecule has 94 valence electrons. The van der Waals surface area contributed by atoms with E-state index in [0.29, 0.717) is 37.4 Å². The number of aromatic nitrogens is 1. The molecule has 0 spiro atoms. The fraction of sp³-hybridized carbons (Fsp3) is 0.500. The fourth-order valence-corrected chi connectivity index (χ4v) is 1.96. The molecule has 1 amide bonds. The van der Waals surface area contributed by atoms with Gasteiger partial charge in [-0.3, -0.25) is 4.79 Å². The van der Waals surface area contributed by atoms with E-state index >= 15 is 0 Å².